The van der Waals surface area contributed by atoms with Gasteiger partial charge in [0.15, 0.2) is 0 Å². The fraction of sp³-hybridized carbons (Fsp3) is 0.692. The highest BCUT2D eigenvalue weighted by Gasteiger charge is 2.16. The summed E-state index contributed by atoms with van der Waals surface area (Å²) in [5.74, 6) is 1.77. The van der Waals surface area contributed by atoms with Gasteiger partial charge in [0.1, 0.15) is 0 Å². The molecule has 1 aromatic heterocycles. The Morgan fingerprint density at radius 3 is 2.61 bits per heavy atom. The van der Waals surface area contributed by atoms with Crippen molar-refractivity contribution >= 4 is 17.5 Å². The van der Waals surface area contributed by atoms with Crippen molar-refractivity contribution in [3.63, 3.8) is 0 Å². The Morgan fingerprint density at radius 1 is 1.39 bits per heavy atom. The van der Waals surface area contributed by atoms with Gasteiger partial charge in [-0.05, 0) is 26.2 Å². The molecule has 0 fully saturated rings. The lowest BCUT2D eigenvalue weighted by Crippen LogP contribution is -2.25. The summed E-state index contributed by atoms with van der Waals surface area (Å²) in [7, 11) is 0. The summed E-state index contributed by atoms with van der Waals surface area (Å²) < 4.78 is 5.58. The SMILES string of the molecule is Cc1cc(OC(C)C)nc(NCC(C)(C)CCl)n1. The van der Waals surface area contributed by atoms with Crippen molar-refractivity contribution in [1.29, 1.82) is 0 Å². The number of nitrogens with zero attached hydrogens (tertiary/aromatic N) is 2. The monoisotopic (exact) mass is 271 g/mol. The van der Waals surface area contributed by atoms with Crippen molar-refractivity contribution in [3.05, 3.63) is 11.8 Å². The molecular formula is C13H22ClN3O. The van der Waals surface area contributed by atoms with E-state index in [1.165, 1.54) is 0 Å². The first kappa shape index (κ1) is 15.0. The van der Waals surface area contributed by atoms with E-state index in [0.717, 1.165) is 12.2 Å². The highest BCUT2D eigenvalue weighted by atomic mass is 35.5. The maximum atomic E-state index is 5.89. The molecule has 0 radical (unpaired) electrons. The van der Waals surface area contributed by atoms with E-state index in [2.05, 4.69) is 29.1 Å². The van der Waals surface area contributed by atoms with Crippen LogP contribution in [0.3, 0.4) is 0 Å². The molecular weight excluding hydrogens is 250 g/mol. The van der Waals surface area contributed by atoms with Crippen LogP contribution in [0.2, 0.25) is 0 Å². The van der Waals surface area contributed by atoms with Crippen LogP contribution in [0.5, 0.6) is 5.88 Å². The van der Waals surface area contributed by atoms with Crippen molar-refractivity contribution in [3.8, 4) is 5.88 Å². The van der Waals surface area contributed by atoms with Gasteiger partial charge in [-0.1, -0.05) is 13.8 Å². The lowest BCUT2D eigenvalue weighted by Gasteiger charge is -2.21. The van der Waals surface area contributed by atoms with Crippen molar-refractivity contribution < 1.29 is 4.74 Å². The van der Waals surface area contributed by atoms with Crippen molar-refractivity contribution in [2.45, 2.75) is 40.7 Å². The van der Waals surface area contributed by atoms with Crippen LogP contribution < -0.4 is 10.1 Å². The molecule has 1 N–H and O–H groups in total. The fourth-order valence-electron chi connectivity index (χ4n) is 1.29. The number of aromatic nitrogens is 2. The third-order valence-electron chi connectivity index (χ3n) is 2.27. The van der Waals surface area contributed by atoms with Gasteiger partial charge in [0.05, 0.1) is 6.10 Å². The number of rotatable bonds is 6. The minimum absolute atomic E-state index is 0.00767. The van der Waals surface area contributed by atoms with Gasteiger partial charge in [-0.2, -0.15) is 4.98 Å². The Hall–Kier alpha value is -1.03. The van der Waals surface area contributed by atoms with E-state index in [0.29, 0.717) is 17.7 Å². The topological polar surface area (TPSA) is 47.0 Å². The zero-order valence-electron chi connectivity index (χ0n) is 11.7. The highest BCUT2D eigenvalue weighted by molar-refractivity contribution is 6.18. The Labute approximate surface area is 114 Å². The molecule has 0 aliphatic carbocycles. The number of halogens is 1. The third kappa shape index (κ3) is 5.08. The molecule has 1 aromatic rings. The summed E-state index contributed by atoms with van der Waals surface area (Å²) in [6.45, 7) is 10.8. The first-order valence-corrected chi connectivity index (χ1v) is 6.68. The Morgan fingerprint density at radius 2 is 2.06 bits per heavy atom. The zero-order chi connectivity index (χ0) is 13.8. The average molecular weight is 272 g/mol. The molecule has 0 spiro atoms. The Balaban J connectivity index is 2.74. The van der Waals surface area contributed by atoms with Crippen molar-refractivity contribution in [2.24, 2.45) is 5.41 Å². The molecule has 0 bridgehead atoms. The molecule has 18 heavy (non-hydrogen) atoms. The van der Waals surface area contributed by atoms with Crippen LogP contribution in [0.4, 0.5) is 5.95 Å². The summed E-state index contributed by atoms with van der Waals surface area (Å²) in [5.41, 5.74) is 0.889. The van der Waals surface area contributed by atoms with Crippen LogP contribution in [-0.4, -0.2) is 28.5 Å². The molecule has 1 rings (SSSR count). The van der Waals surface area contributed by atoms with Crippen LogP contribution in [0.25, 0.3) is 0 Å². The quantitative estimate of drug-likeness (QED) is 0.807. The van der Waals surface area contributed by atoms with Gasteiger partial charge in [-0.3, -0.25) is 0 Å². The number of aryl methyl sites for hydroxylation is 1. The number of anilines is 1. The molecule has 0 aliphatic heterocycles. The minimum Gasteiger partial charge on any atom is -0.475 e. The van der Waals surface area contributed by atoms with Gasteiger partial charge in [-0.15, -0.1) is 11.6 Å². The van der Waals surface area contributed by atoms with E-state index in [4.69, 9.17) is 16.3 Å². The number of hydrogen-bond acceptors (Lipinski definition) is 4. The molecule has 102 valence electrons. The van der Waals surface area contributed by atoms with E-state index in [1.807, 2.05) is 26.8 Å². The highest BCUT2D eigenvalue weighted by Crippen LogP contribution is 2.19. The molecule has 0 atom stereocenters. The fourth-order valence-corrected chi connectivity index (χ4v) is 1.38. The smallest absolute Gasteiger partial charge is 0.226 e. The van der Waals surface area contributed by atoms with Gasteiger partial charge in [0.25, 0.3) is 0 Å². The zero-order valence-corrected chi connectivity index (χ0v) is 12.5. The van der Waals surface area contributed by atoms with E-state index >= 15 is 0 Å². The molecule has 0 saturated carbocycles. The van der Waals surface area contributed by atoms with Gasteiger partial charge >= 0.3 is 0 Å². The summed E-state index contributed by atoms with van der Waals surface area (Å²) in [4.78, 5) is 8.66. The summed E-state index contributed by atoms with van der Waals surface area (Å²) in [6, 6.07) is 1.83. The molecule has 0 unspecified atom stereocenters. The first-order valence-electron chi connectivity index (χ1n) is 6.14. The van der Waals surface area contributed by atoms with E-state index in [1.54, 1.807) is 0 Å². The lowest BCUT2D eigenvalue weighted by molar-refractivity contribution is 0.232. The molecule has 0 amide bonds. The van der Waals surface area contributed by atoms with E-state index < -0.39 is 0 Å². The van der Waals surface area contributed by atoms with Crippen LogP contribution >= 0.6 is 11.6 Å². The maximum Gasteiger partial charge on any atom is 0.226 e. The summed E-state index contributed by atoms with van der Waals surface area (Å²) in [6.07, 6.45) is 0.103. The van der Waals surface area contributed by atoms with Gasteiger partial charge in [0, 0.05) is 24.2 Å². The maximum absolute atomic E-state index is 5.89. The molecule has 4 nitrogen and oxygen atoms in total. The van der Waals surface area contributed by atoms with E-state index in [9.17, 15) is 0 Å². The summed E-state index contributed by atoms with van der Waals surface area (Å²) in [5, 5.41) is 3.20. The minimum atomic E-state index is 0.00767. The number of hydrogen-bond donors (Lipinski definition) is 1. The van der Waals surface area contributed by atoms with Crippen molar-refractivity contribution in [2.75, 3.05) is 17.7 Å². The summed E-state index contributed by atoms with van der Waals surface area (Å²) >= 11 is 5.89. The molecule has 0 aromatic carbocycles. The van der Waals surface area contributed by atoms with Gasteiger partial charge in [-0.25, -0.2) is 4.98 Å². The second-order valence-electron chi connectivity index (χ2n) is 5.49. The van der Waals surface area contributed by atoms with E-state index in [-0.39, 0.29) is 11.5 Å². The predicted molar refractivity (Wildman–Crippen MR) is 75.5 cm³/mol. The van der Waals surface area contributed by atoms with Crippen LogP contribution in [0.1, 0.15) is 33.4 Å². The first-order chi connectivity index (χ1) is 8.32. The second kappa shape index (κ2) is 6.23. The molecule has 0 aliphatic rings. The predicted octanol–water partition coefficient (Wildman–Crippen LogP) is 3.25. The normalized spacial score (nSPS) is 11.7. The Kier molecular flexibility index (Phi) is 5.20. The molecule has 0 saturated heterocycles. The van der Waals surface area contributed by atoms with Crippen LogP contribution in [0, 0.1) is 12.3 Å². The second-order valence-corrected chi connectivity index (χ2v) is 5.76. The van der Waals surface area contributed by atoms with Gasteiger partial charge in [0.2, 0.25) is 11.8 Å². The molecule has 1 heterocycles. The van der Waals surface area contributed by atoms with Crippen LogP contribution in [-0.2, 0) is 0 Å². The molecule has 5 heteroatoms. The standard InChI is InChI=1S/C13H22ClN3O/c1-9(2)18-11-6-10(3)16-12(17-11)15-8-13(4,5)7-14/h6,9H,7-8H2,1-5H3,(H,15,16,17). The average Bonchev–Trinajstić information content (AvgIpc) is 2.25. The number of nitrogens with one attached hydrogen (secondary N) is 1. The largest absolute Gasteiger partial charge is 0.475 e. The van der Waals surface area contributed by atoms with Crippen molar-refractivity contribution in [1.82, 2.24) is 9.97 Å². The number of alkyl halides is 1. The van der Waals surface area contributed by atoms with Crippen LogP contribution in [0.15, 0.2) is 6.07 Å². The third-order valence-corrected chi connectivity index (χ3v) is 3.00. The lowest BCUT2D eigenvalue weighted by atomic mass is 9.97. The Bertz CT molecular complexity index is 394. The van der Waals surface area contributed by atoms with Gasteiger partial charge < -0.3 is 10.1 Å². The number of ether oxygens (including phenoxy) is 1.